The van der Waals surface area contributed by atoms with Crippen LogP contribution >= 0.6 is 93.8 Å². The molecule has 14 heteroatoms. The van der Waals surface area contributed by atoms with Crippen molar-refractivity contribution in [2.75, 3.05) is 36.1 Å². The molecule has 360 valence electrons. The predicted molar refractivity (Wildman–Crippen MR) is 310 cm³/mol. The maximum Gasteiger partial charge on any atom is 0.251 e. The number of amides is 1. The van der Waals surface area contributed by atoms with Crippen LogP contribution < -0.4 is 16.0 Å². The summed E-state index contributed by atoms with van der Waals surface area (Å²) in [5, 5.41) is 8.19. The molecule has 1 aliphatic heterocycles. The number of nitrogen functional groups attached to an aromatic ring is 1. The van der Waals surface area contributed by atoms with Crippen molar-refractivity contribution in [1.29, 1.82) is 0 Å². The van der Waals surface area contributed by atoms with Gasteiger partial charge in [0.2, 0.25) is 0 Å². The van der Waals surface area contributed by atoms with Crippen LogP contribution in [0.25, 0.3) is 40.3 Å². The number of carbonyl (C=O) groups is 1. The van der Waals surface area contributed by atoms with E-state index in [1.807, 2.05) is 40.9 Å². The van der Waals surface area contributed by atoms with E-state index in [1.165, 1.54) is 73.8 Å². The summed E-state index contributed by atoms with van der Waals surface area (Å²) in [5.74, 6) is 3.26. The SMILES string of the molecule is CC(C)c1cc2c(sc3ccccc32)c(C(C)C)c1N.CC(C)c1cc2c(sc3ccccc32)c(C(C)C)c1N1CCN=C1c1ccccc1.ClP(Cl)(Cl)(Cl)Cl.O=C(NCCCl)c1ccccc1. The Morgan fingerprint density at radius 3 is 1.59 bits per heavy atom. The molecule has 6 aromatic carbocycles. The number of nitrogens with one attached hydrogen (secondary N) is 1. The van der Waals surface area contributed by atoms with Crippen molar-refractivity contribution >= 4 is 157 Å². The standard InChI is InChI=1S/C27H28N2S.C18H21NS.C9H10ClNO.Cl5P/c1-17(2)21-16-22-20-12-8-9-13-23(20)30-26(22)24(18(3)4)25(21)29-15-14-28-27(29)19-10-6-5-7-11-19;1-10(2)13-9-14-12-7-5-6-8-15(12)20-18(14)16(11(3)4)17(13)19;10-6-7-11-9(12)8-4-2-1-3-5-8;1-6(2,3,4)5/h5-13,16-18H,14-15H2,1-4H3;5-11H,19H2,1-4H3;1-5H,6-7H2,(H,11,12);. The molecule has 1 aliphatic rings. The number of fused-ring (bicyclic) bond motifs is 6. The molecule has 0 radical (unpaired) electrons. The third-order valence-electron chi connectivity index (χ3n) is 11.4. The van der Waals surface area contributed by atoms with Crippen LogP contribution in [-0.4, -0.2) is 37.3 Å². The number of hydrogen-bond donors (Lipinski definition) is 2. The summed E-state index contributed by atoms with van der Waals surface area (Å²) in [6.45, 7) is 20.5. The molecule has 0 saturated heterocycles. The summed E-state index contributed by atoms with van der Waals surface area (Å²) in [4.78, 5) is 18.7. The number of hydrogen-bond acceptors (Lipinski definition) is 6. The van der Waals surface area contributed by atoms with Crippen LogP contribution in [0.4, 0.5) is 11.4 Å². The van der Waals surface area contributed by atoms with Crippen molar-refractivity contribution < 1.29 is 4.79 Å². The Bertz CT molecular complexity index is 3020. The second-order valence-electron chi connectivity index (χ2n) is 17.8. The van der Waals surface area contributed by atoms with Crippen LogP contribution in [0.1, 0.15) is 117 Å². The number of alkyl halides is 1. The molecule has 3 N–H and O–H groups in total. The van der Waals surface area contributed by atoms with Gasteiger partial charge < -0.3 is 16.0 Å². The normalized spacial score (nSPS) is 13.3. The molecule has 9 rings (SSSR count). The Hall–Kier alpha value is -3.33. The summed E-state index contributed by atoms with van der Waals surface area (Å²) in [7, 11) is 0. The molecule has 0 saturated carbocycles. The molecule has 2 aromatic heterocycles. The largest absolute Gasteiger partial charge is 0.351 e. The van der Waals surface area contributed by atoms with Gasteiger partial charge in [0.05, 0.1) is 12.2 Å². The number of amidine groups is 1. The summed E-state index contributed by atoms with van der Waals surface area (Å²) in [5.41, 5.74) is 16.3. The first-order valence-electron chi connectivity index (χ1n) is 22.7. The molecule has 5 nitrogen and oxygen atoms in total. The number of rotatable bonds is 9. The Balaban J connectivity index is 0.000000172. The summed E-state index contributed by atoms with van der Waals surface area (Å²) >= 11 is 34.1. The number of carbonyl (C=O) groups excluding carboxylic acids is 1. The first kappa shape index (κ1) is 54.0. The van der Waals surface area contributed by atoms with E-state index < -0.39 is 3.37 Å². The van der Waals surface area contributed by atoms with Gasteiger partial charge in [0.25, 0.3) is 5.91 Å². The first-order chi connectivity index (χ1) is 32.1. The molecule has 0 bridgehead atoms. The van der Waals surface area contributed by atoms with Gasteiger partial charge in [-0.3, -0.25) is 9.79 Å². The Labute approximate surface area is 438 Å². The number of anilines is 2. The van der Waals surface area contributed by atoms with Gasteiger partial charge in [-0.25, -0.2) is 0 Å². The molecule has 0 aliphatic carbocycles. The van der Waals surface area contributed by atoms with Crippen molar-refractivity contribution in [3.63, 3.8) is 0 Å². The third-order valence-corrected chi connectivity index (χ3v) is 14.1. The fourth-order valence-corrected chi connectivity index (χ4v) is 11.4. The van der Waals surface area contributed by atoms with Crippen LogP contribution in [0.15, 0.2) is 126 Å². The molecule has 0 unspecified atom stereocenters. The molecular weight excluding hydrogens is 1030 g/mol. The van der Waals surface area contributed by atoms with Gasteiger partial charge in [0, 0.05) is 76.1 Å². The quantitative estimate of drug-likeness (QED) is 0.0860. The van der Waals surface area contributed by atoms with E-state index in [0.717, 1.165) is 24.6 Å². The van der Waals surface area contributed by atoms with Crippen LogP contribution in [0, 0.1) is 0 Å². The fraction of sp³-hybridized carbons (Fsp3) is 0.296. The number of thiophene rings is 2. The summed E-state index contributed by atoms with van der Waals surface area (Å²) in [6, 6.07) is 42.0. The van der Waals surface area contributed by atoms with E-state index in [-0.39, 0.29) is 5.91 Å². The maximum absolute atomic E-state index is 11.2. The maximum atomic E-state index is 11.2. The van der Waals surface area contributed by atoms with Gasteiger partial charge in [-0.15, -0.1) is 34.3 Å². The van der Waals surface area contributed by atoms with Crippen LogP contribution in [0.2, 0.25) is 0 Å². The minimum Gasteiger partial charge on any atom is -0.351 e. The molecule has 1 amide bonds. The van der Waals surface area contributed by atoms with E-state index in [1.54, 1.807) is 12.1 Å². The van der Waals surface area contributed by atoms with Crippen LogP contribution in [0.5, 0.6) is 0 Å². The Kier molecular flexibility index (Phi) is 18.5. The smallest absolute Gasteiger partial charge is 0.251 e. The van der Waals surface area contributed by atoms with Crippen LogP contribution in [-0.2, 0) is 0 Å². The number of nitrogens with two attached hydrogens (primary N) is 1. The van der Waals surface area contributed by atoms with E-state index >= 15 is 0 Å². The van der Waals surface area contributed by atoms with E-state index in [2.05, 4.69) is 157 Å². The monoisotopic (exact) mass is 1080 g/mol. The van der Waals surface area contributed by atoms with E-state index in [0.29, 0.717) is 41.7 Å². The van der Waals surface area contributed by atoms with Crippen molar-refractivity contribution in [1.82, 2.24) is 5.32 Å². The topological polar surface area (TPSA) is 70.7 Å². The molecule has 68 heavy (non-hydrogen) atoms. The molecule has 8 aromatic rings. The molecular formula is C54H59Cl6N4OPS2. The minimum atomic E-state index is -3.69. The van der Waals surface area contributed by atoms with Crippen molar-refractivity contribution in [2.24, 2.45) is 4.99 Å². The second-order valence-corrected chi connectivity index (χ2v) is 36.9. The third kappa shape index (κ3) is 13.5. The minimum absolute atomic E-state index is 0.0729. The Morgan fingerprint density at radius 1 is 0.647 bits per heavy atom. The zero-order chi connectivity index (χ0) is 49.5. The number of nitrogens with zero attached hydrogens (tertiary/aromatic N) is 2. The molecule has 0 spiro atoms. The van der Waals surface area contributed by atoms with Crippen molar-refractivity contribution in [3.05, 3.63) is 155 Å². The average Bonchev–Trinajstić information content (AvgIpc) is 4.03. The second kappa shape index (κ2) is 23.3. The fourth-order valence-electron chi connectivity index (χ4n) is 8.49. The van der Waals surface area contributed by atoms with Gasteiger partial charge in [0.1, 0.15) is 5.84 Å². The van der Waals surface area contributed by atoms with Crippen molar-refractivity contribution in [3.8, 4) is 0 Å². The van der Waals surface area contributed by atoms with Gasteiger partial charge in [-0.05, 0) is 82.3 Å². The zero-order valence-electron chi connectivity index (χ0n) is 39.6. The van der Waals surface area contributed by atoms with Crippen molar-refractivity contribution in [2.45, 2.75) is 79.1 Å². The van der Waals surface area contributed by atoms with Gasteiger partial charge in [-0.1, -0.05) is 140 Å². The Morgan fingerprint density at radius 2 is 1.10 bits per heavy atom. The average molecular weight is 1090 g/mol. The predicted octanol–water partition coefficient (Wildman–Crippen LogP) is 19.4. The van der Waals surface area contributed by atoms with E-state index in [4.69, 9.17) is 78.5 Å². The zero-order valence-corrected chi connectivity index (χ0v) is 46.7. The van der Waals surface area contributed by atoms with E-state index in [9.17, 15) is 4.79 Å². The van der Waals surface area contributed by atoms with Gasteiger partial charge in [-0.2, -0.15) is 0 Å². The number of halogens is 6. The summed E-state index contributed by atoms with van der Waals surface area (Å²) in [6.07, 6.45) is 0. The molecule has 3 heterocycles. The molecule has 0 atom stereocenters. The number of aliphatic imine (C=N–C) groups is 1. The summed E-state index contributed by atoms with van der Waals surface area (Å²) < 4.78 is 1.84. The number of benzene rings is 6. The van der Waals surface area contributed by atoms with Gasteiger partial charge >= 0.3 is 59.6 Å². The van der Waals surface area contributed by atoms with Crippen LogP contribution in [0.3, 0.4) is 0 Å². The van der Waals surface area contributed by atoms with Gasteiger partial charge in [0.15, 0.2) is 0 Å². The molecule has 0 fully saturated rings. The first-order valence-corrected chi connectivity index (χ1v) is 31.7.